The highest BCUT2D eigenvalue weighted by Crippen LogP contribution is 2.18. The molecule has 0 saturated carbocycles. The molecule has 218 valence electrons. The van der Waals surface area contributed by atoms with Gasteiger partial charge >= 0.3 is 0 Å². The quantitative estimate of drug-likeness (QED) is 0.246. The van der Waals surface area contributed by atoms with Crippen LogP contribution in [0.25, 0.3) is 0 Å². The molecular weight excluding hydrogens is 520 g/mol. The topological polar surface area (TPSA) is 186 Å². The first-order chi connectivity index (χ1) is 19.0. The molecule has 6 amide bonds. The molecule has 2 aliphatic rings. The lowest BCUT2D eigenvalue weighted by molar-refractivity contribution is -0.142. The Morgan fingerprint density at radius 3 is 2.20 bits per heavy atom. The van der Waals surface area contributed by atoms with Gasteiger partial charge in [-0.15, -0.1) is 0 Å². The van der Waals surface area contributed by atoms with E-state index in [1.807, 2.05) is 6.07 Å². The lowest BCUT2D eigenvalue weighted by atomic mass is 10.0. The van der Waals surface area contributed by atoms with Gasteiger partial charge in [0, 0.05) is 13.0 Å². The normalized spacial score (nSPS) is 27.5. The van der Waals surface area contributed by atoms with Gasteiger partial charge in [0.15, 0.2) is 0 Å². The van der Waals surface area contributed by atoms with Gasteiger partial charge in [0.1, 0.15) is 30.2 Å². The number of carbonyl (C=O) groups is 6. The summed E-state index contributed by atoms with van der Waals surface area (Å²) in [4.78, 5) is 79.5. The first-order valence-electron chi connectivity index (χ1n) is 13.4. The average molecular weight is 559 g/mol. The highest BCUT2D eigenvalue weighted by molar-refractivity contribution is 5.97. The van der Waals surface area contributed by atoms with Crippen LogP contribution in [0.3, 0.4) is 0 Å². The van der Waals surface area contributed by atoms with Crippen molar-refractivity contribution in [1.29, 1.82) is 0 Å². The van der Waals surface area contributed by atoms with E-state index in [1.54, 1.807) is 38.1 Å². The smallest absolute Gasteiger partial charge is 0.245 e. The molecule has 0 aromatic heterocycles. The zero-order chi connectivity index (χ0) is 29.4. The molecule has 13 heteroatoms. The van der Waals surface area contributed by atoms with Crippen molar-refractivity contribution in [2.75, 3.05) is 19.7 Å². The minimum absolute atomic E-state index is 0.114. The Hall–Kier alpha value is -4.00. The van der Waals surface area contributed by atoms with E-state index in [0.717, 1.165) is 5.56 Å². The summed E-state index contributed by atoms with van der Waals surface area (Å²) in [5.74, 6) is -4.20. The van der Waals surface area contributed by atoms with Gasteiger partial charge in [0.25, 0.3) is 0 Å². The standard InChI is InChI=1S/C27H38N6O7/c1-15(2)22-26(39)31-19(14-34)24(37)29-16(3)27(40)33-11-7-10-20(33)25(38)28-13-21(35)30-18(23(36)32-22)12-17-8-5-4-6-9-17/h4-6,8-9,15-16,18-20,22,34H,7,10-14H2,1-3H3,(H,28,38)(H,29,37)(H,30,35)(H,31,39)(H,32,36)/t16-,18-,19-,20-,22-/m0/s1. The van der Waals surface area contributed by atoms with Crippen molar-refractivity contribution in [3.05, 3.63) is 35.9 Å². The van der Waals surface area contributed by atoms with E-state index in [-0.39, 0.29) is 6.42 Å². The minimum Gasteiger partial charge on any atom is -0.394 e. The third kappa shape index (κ3) is 7.78. The molecule has 1 aromatic carbocycles. The van der Waals surface area contributed by atoms with Gasteiger partial charge in [0.2, 0.25) is 35.4 Å². The van der Waals surface area contributed by atoms with Crippen LogP contribution in [0.15, 0.2) is 30.3 Å². The molecule has 2 saturated heterocycles. The molecule has 1 aromatic rings. The SMILES string of the molecule is CC(C)[C@@H]1NC(=O)[C@H](Cc2ccccc2)NC(=O)CNC(=O)[C@@H]2CCCN2C(=O)[C@H](C)NC(=O)[C@H](CO)NC1=O. The maximum absolute atomic E-state index is 13.4. The Kier molecular flexibility index (Phi) is 10.6. The summed E-state index contributed by atoms with van der Waals surface area (Å²) >= 11 is 0. The van der Waals surface area contributed by atoms with Gasteiger partial charge in [-0.05, 0) is 31.2 Å². The number of carbonyl (C=O) groups excluding carboxylic acids is 6. The molecule has 2 fully saturated rings. The van der Waals surface area contributed by atoms with Crippen molar-refractivity contribution in [3.8, 4) is 0 Å². The molecule has 0 radical (unpaired) electrons. The van der Waals surface area contributed by atoms with E-state index in [4.69, 9.17) is 0 Å². The summed E-state index contributed by atoms with van der Waals surface area (Å²) < 4.78 is 0. The van der Waals surface area contributed by atoms with E-state index < -0.39 is 84.7 Å². The van der Waals surface area contributed by atoms with Crippen molar-refractivity contribution in [3.63, 3.8) is 0 Å². The van der Waals surface area contributed by atoms with Gasteiger partial charge in [-0.1, -0.05) is 44.2 Å². The Balaban J connectivity index is 1.91. The van der Waals surface area contributed by atoms with E-state index in [2.05, 4.69) is 26.6 Å². The zero-order valence-corrected chi connectivity index (χ0v) is 22.9. The van der Waals surface area contributed by atoms with Crippen LogP contribution in [0.2, 0.25) is 0 Å². The van der Waals surface area contributed by atoms with Crippen molar-refractivity contribution in [2.24, 2.45) is 5.92 Å². The molecule has 2 aliphatic heterocycles. The molecule has 3 rings (SSSR count). The van der Waals surface area contributed by atoms with E-state index in [9.17, 15) is 33.9 Å². The minimum atomic E-state index is -1.39. The number of nitrogens with one attached hydrogen (secondary N) is 5. The summed E-state index contributed by atoms with van der Waals surface area (Å²) in [5, 5.41) is 22.6. The lowest BCUT2D eigenvalue weighted by Crippen LogP contribution is -2.61. The van der Waals surface area contributed by atoms with Crippen molar-refractivity contribution in [1.82, 2.24) is 31.5 Å². The van der Waals surface area contributed by atoms with Crippen molar-refractivity contribution in [2.45, 2.75) is 70.2 Å². The summed E-state index contributed by atoms with van der Waals surface area (Å²) in [7, 11) is 0. The zero-order valence-electron chi connectivity index (χ0n) is 22.9. The molecule has 0 aliphatic carbocycles. The predicted molar refractivity (Wildman–Crippen MR) is 143 cm³/mol. The molecule has 13 nitrogen and oxygen atoms in total. The van der Waals surface area contributed by atoms with Crippen LogP contribution >= 0.6 is 0 Å². The van der Waals surface area contributed by atoms with Crippen LogP contribution in [-0.4, -0.2) is 95.4 Å². The molecule has 0 unspecified atom stereocenters. The second-order valence-corrected chi connectivity index (χ2v) is 10.4. The van der Waals surface area contributed by atoms with Crippen molar-refractivity contribution < 1.29 is 33.9 Å². The molecule has 0 bridgehead atoms. The van der Waals surface area contributed by atoms with Crippen LogP contribution < -0.4 is 26.6 Å². The Bertz CT molecular complexity index is 1110. The van der Waals surface area contributed by atoms with Crippen LogP contribution in [0.5, 0.6) is 0 Å². The number of nitrogens with zero attached hydrogens (tertiary/aromatic N) is 1. The Morgan fingerprint density at radius 1 is 0.875 bits per heavy atom. The fourth-order valence-electron chi connectivity index (χ4n) is 4.76. The molecule has 40 heavy (non-hydrogen) atoms. The third-order valence-electron chi connectivity index (χ3n) is 6.99. The maximum atomic E-state index is 13.4. The summed E-state index contributed by atoms with van der Waals surface area (Å²) in [5.41, 5.74) is 0.755. The molecule has 6 N–H and O–H groups in total. The number of benzene rings is 1. The van der Waals surface area contributed by atoms with Crippen LogP contribution in [-0.2, 0) is 35.2 Å². The summed E-state index contributed by atoms with van der Waals surface area (Å²) in [6, 6.07) is 3.51. The third-order valence-corrected chi connectivity index (χ3v) is 6.99. The van der Waals surface area contributed by atoms with Crippen molar-refractivity contribution >= 4 is 35.4 Å². The summed E-state index contributed by atoms with van der Waals surface area (Å²) in [6.45, 7) is 3.95. The first-order valence-corrected chi connectivity index (χ1v) is 13.4. The van der Waals surface area contributed by atoms with Gasteiger partial charge in [-0.25, -0.2) is 0 Å². The predicted octanol–water partition coefficient (Wildman–Crippen LogP) is -2.04. The lowest BCUT2D eigenvalue weighted by Gasteiger charge is -2.29. The van der Waals surface area contributed by atoms with Gasteiger partial charge in [-0.2, -0.15) is 0 Å². The summed E-state index contributed by atoms with van der Waals surface area (Å²) in [6.07, 6.45) is 1.05. The second kappa shape index (κ2) is 13.9. The van der Waals surface area contributed by atoms with E-state index in [1.165, 1.54) is 11.8 Å². The monoisotopic (exact) mass is 558 g/mol. The molecule has 2 heterocycles. The van der Waals surface area contributed by atoms with Gasteiger partial charge in [0.05, 0.1) is 13.2 Å². The molecule has 5 atom stereocenters. The largest absolute Gasteiger partial charge is 0.394 e. The van der Waals surface area contributed by atoms with Gasteiger partial charge < -0.3 is 36.6 Å². The number of hydrogen-bond donors (Lipinski definition) is 6. The molecule has 0 spiro atoms. The van der Waals surface area contributed by atoms with Crippen LogP contribution in [0.1, 0.15) is 39.2 Å². The number of fused-ring (bicyclic) bond motifs is 1. The second-order valence-electron chi connectivity index (χ2n) is 10.4. The average Bonchev–Trinajstić information content (AvgIpc) is 3.42. The highest BCUT2D eigenvalue weighted by atomic mass is 16.3. The Morgan fingerprint density at radius 2 is 1.55 bits per heavy atom. The van der Waals surface area contributed by atoms with E-state index >= 15 is 0 Å². The fourth-order valence-corrected chi connectivity index (χ4v) is 4.76. The number of aliphatic hydroxyl groups is 1. The maximum Gasteiger partial charge on any atom is 0.245 e. The van der Waals surface area contributed by atoms with Gasteiger partial charge in [-0.3, -0.25) is 28.8 Å². The fraction of sp³-hybridized carbons (Fsp3) is 0.556. The number of rotatable bonds is 4. The number of aliphatic hydroxyl groups excluding tert-OH is 1. The number of hydrogen-bond acceptors (Lipinski definition) is 7. The first kappa shape index (κ1) is 30.5. The van der Waals surface area contributed by atoms with E-state index in [0.29, 0.717) is 19.4 Å². The number of amides is 6. The van der Waals surface area contributed by atoms with Crippen LogP contribution in [0, 0.1) is 5.92 Å². The highest BCUT2D eigenvalue weighted by Gasteiger charge is 2.38. The Labute approximate surface area is 232 Å². The van der Waals surface area contributed by atoms with Crippen LogP contribution in [0.4, 0.5) is 0 Å². The molecular formula is C27H38N6O7.